The number of nitrogens with one attached hydrogen (secondary N) is 1. The van der Waals surface area contributed by atoms with E-state index >= 15 is 0 Å². The van der Waals surface area contributed by atoms with Crippen LogP contribution in [-0.2, 0) is 9.53 Å². The van der Waals surface area contributed by atoms with E-state index in [1.54, 1.807) is 24.3 Å². The van der Waals surface area contributed by atoms with E-state index in [1.807, 2.05) is 0 Å². The molecule has 0 bridgehead atoms. The topological polar surface area (TPSA) is 108 Å². The van der Waals surface area contributed by atoms with Gasteiger partial charge in [-0.15, -0.1) is 0 Å². The monoisotopic (exact) mass is 345 g/mol. The molecule has 0 aromatic carbocycles. The number of carbonyl (C=O) groups is 1. The van der Waals surface area contributed by atoms with Crippen molar-refractivity contribution in [3.05, 3.63) is 58.7 Å². The first-order chi connectivity index (χ1) is 12.1. The third kappa shape index (κ3) is 6.86. The lowest BCUT2D eigenvalue weighted by Crippen LogP contribution is -2.05. The molecule has 2 aromatic heterocycles. The van der Waals surface area contributed by atoms with E-state index in [4.69, 9.17) is 9.15 Å². The Balaban J connectivity index is 1.51. The Morgan fingerprint density at radius 3 is 2.88 bits per heavy atom. The quantitative estimate of drug-likeness (QED) is 0.231. The number of nitrogens with zero attached hydrogens (tertiary/aromatic N) is 2. The summed E-state index contributed by atoms with van der Waals surface area (Å²) in [5.41, 5.74) is -0.0338. The summed E-state index contributed by atoms with van der Waals surface area (Å²) in [5, 5.41) is 13.6. The van der Waals surface area contributed by atoms with Gasteiger partial charge < -0.3 is 14.5 Å². The summed E-state index contributed by atoms with van der Waals surface area (Å²) in [6.07, 6.45) is 8.16. The van der Waals surface area contributed by atoms with E-state index in [0.717, 1.165) is 19.3 Å². The molecule has 132 valence electrons. The van der Waals surface area contributed by atoms with Gasteiger partial charge in [0.25, 0.3) is 5.69 Å². The molecule has 0 spiro atoms. The highest BCUT2D eigenvalue weighted by Crippen LogP contribution is 2.11. The number of hydrogen-bond donors (Lipinski definition) is 1. The SMILES string of the molecule is O=C(/C=C/c1ccco1)OCCCCCNc1ccc([N+](=O)[O-])cn1. The number of hydrogen-bond acceptors (Lipinski definition) is 7. The molecule has 0 saturated carbocycles. The molecule has 0 saturated heterocycles. The highest BCUT2D eigenvalue weighted by atomic mass is 16.6. The van der Waals surface area contributed by atoms with Crippen molar-refractivity contribution in [1.29, 1.82) is 0 Å². The number of furan rings is 1. The molecule has 2 aromatic rings. The van der Waals surface area contributed by atoms with Crippen LogP contribution in [0.5, 0.6) is 0 Å². The van der Waals surface area contributed by atoms with Gasteiger partial charge in [-0.2, -0.15) is 0 Å². The molecule has 0 aliphatic heterocycles. The molecule has 0 amide bonds. The van der Waals surface area contributed by atoms with E-state index in [0.29, 0.717) is 24.7 Å². The van der Waals surface area contributed by atoms with Gasteiger partial charge in [0, 0.05) is 18.7 Å². The average Bonchev–Trinajstić information content (AvgIpc) is 3.13. The summed E-state index contributed by atoms with van der Waals surface area (Å²) in [4.78, 5) is 25.5. The summed E-state index contributed by atoms with van der Waals surface area (Å²) >= 11 is 0. The van der Waals surface area contributed by atoms with Crippen molar-refractivity contribution < 1.29 is 18.9 Å². The number of anilines is 1. The smallest absolute Gasteiger partial charge is 0.330 e. The van der Waals surface area contributed by atoms with E-state index in [2.05, 4.69) is 10.3 Å². The zero-order valence-corrected chi connectivity index (χ0v) is 13.6. The van der Waals surface area contributed by atoms with Crippen LogP contribution in [0.3, 0.4) is 0 Å². The molecule has 2 rings (SSSR count). The van der Waals surface area contributed by atoms with Crippen molar-refractivity contribution >= 4 is 23.6 Å². The number of esters is 1. The van der Waals surface area contributed by atoms with E-state index < -0.39 is 10.9 Å². The fourth-order valence-electron chi connectivity index (χ4n) is 1.98. The number of nitro groups is 1. The first-order valence-corrected chi connectivity index (χ1v) is 7.88. The Morgan fingerprint density at radius 1 is 1.32 bits per heavy atom. The molecule has 1 N–H and O–H groups in total. The number of rotatable bonds is 10. The van der Waals surface area contributed by atoms with Crippen LogP contribution in [0.4, 0.5) is 11.5 Å². The third-order valence-corrected chi connectivity index (χ3v) is 3.26. The van der Waals surface area contributed by atoms with Crippen molar-refractivity contribution in [2.75, 3.05) is 18.5 Å². The van der Waals surface area contributed by atoms with Gasteiger partial charge in [0.05, 0.1) is 17.8 Å². The maximum atomic E-state index is 11.5. The van der Waals surface area contributed by atoms with Crippen molar-refractivity contribution in [1.82, 2.24) is 4.98 Å². The second-order valence-electron chi connectivity index (χ2n) is 5.16. The third-order valence-electron chi connectivity index (χ3n) is 3.26. The first-order valence-electron chi connectivity index (χ1n) is 7.88. The fraction of sp³-hybridized carbons (Fsp3) is 0.294. The molecule has 0 aliphatic rings. The molecule has 8 nitrogen and oxygen atoms in total. The van der Waals surface area contributed by atoms with E-state index in [-0.39, 0.29) is 5.69 Å². The van der Waals surface area contributed by atoms with Crippen molar-refractivity contribution in [2.45, 2.75) is 19.3 Å². The number of carbonyl (C=O) groups excluding carboxylic acids is 1. The van der Waals surface area contributed by atoms with Gasteiger partial charge >= 0.3 is 5.97 Å². The Bertz CT molecular complexity index is 696. The molecule has 0 radical (unpaired) electrons. The summed E-state index contributed by atoms with van der Waals surface area (Å²) < 4.78 is 10.1. The summed E-state index contributed by atoms with van der Waals surface area (Å²) in [6.45, 7) is 1.05. The number of ether oxygens (including phenoxy) is 1. The Morgan fingerprint density at radius 2 is 2.20 bits per heavy atom. The van der Waals surface area contributed by atoms with Crippen LogP contribution in [0.25, 0.3) is 6.08 Å². The average molecular weight is 345 g/mol. The summed E-state index contributed by atoms with van der Waals surface area (Å²) in [5.74, 6) is 0.799. The van der Waals surface area contributed by atoms with Gasteiger partial charge in [-0.05, 0) is 43.5 Å². The van der Waals surface area contributed by atoms with Crippen molar-refractivity contribution in [2.24, 2.45) is 0 Å². The van der Waals surface area contributed by atoms with Gasteiger partial charge in [0.1, 0.15) is 17.8 Å². The second-order valence-corrected chi connectivity index (χ2v) is 5.16. The molecule has 25 heavy (non-hydrogen) atoms. The normalized spacial score (nSPS) is 10.7. The van der Waals surface area contributed by atoms with Crippen LogP contribution in [0.1, 0.15) is 25.0 Å². The Hall–Kier alpha value is -3.16. The van der Waals surface area contributed by atoms with Crippen LogP contribution in [-0.4, -0.2) is 29.0 Å². The largest absolute Gasteiger partial charge is 0.465 e. The van der Waals surface area contributed by atoms with Crippen LogP contribution in [0.2, 0.25) is 0 Å². The minimum atomic E-state index is -0.484. The second kappa shape index (κ2) is 9.86. The minimum absolute atomic E-state index is 0.0338. The zero-order valence-electron chi connectivity index (χ0n) is 13.6. The highest BCUT2D eigenvalue weighted by molar-refractivity contribution is 5.86. The molecule has 0 fully saturated rings. The van der Waals surface area contributed by atoms with Crippen LogP contribution in [0, 0.1) is 10.1 Å². The maximum absolute atomic E-state index is 11.5. The van der Waals surface area contributed by atoms with E-state index in [1.165, 1.54) is 24.6 Å². The Kier molecular flexibility index (Phi) is 7.17. The molecule has 0 unspecified atom stereocenters. The van der Waals surface area contributed by atoms with Gasteiger partial charge in [-0.25, -0.2) is 9.78 Å². The summed E-state index contributed by atoms with van der Waals surface area (Å²) in [7, 11) is 0. The number of aromatic nitrogens is 1. The molecule has 8 heteroatoms. The molecular weight excluding hydrogens is 326 g/mol. The predicted octanol–water partition coefficient (Wildman–Crippen LogP) is 3.42. The van der Waals surface area contributed by atoms with Crippen LogP contribution >= 0.6 is 0 Å². The zero-order chi connectivity index (χ0) is 17.9. The molecule has 2 heterocycles. The van der Waals surface area contributed by atoms with Gasteiger partial charge in [0.15, 0.2) is 0 Å². The summed E-state index contributed by atoms with van der Waals surface area (Å²) in [6, 6.07) is 6.47. The predicted molar refractivity (Wildman–Crippen MR) is 91.9 cm³/mol. The van der Waals surface area contributed by atoms with Crippen LogP contribution < -0.4 is 5.32 Å². The lowest BCUT2D eigenvalue weighted by atomic mass is 10.2. The van der Waals surface area contributed by atoms with Gasteiger partial charge in [-0.1, -0.05) is 0 Å². The molecule has 0 aliphatic carbocycles. The van der Waals surface area contributed by atoms with Crippen molar-refractivity contribution in [3.8, 4) is 0 Å². The van der Waals surface area contributed by atoms with Crippen molar-refractivity contribution in [3.63, 3.8) is 0 Å². The number of unbranched alkanes of at least 4 members (excludes halogenated alkanes) is 2. The lowest BCUT2D eigenvalue weighted by Gasteiger charge is -2.05. The standard InChI is InChI=1S/C17H19N3O5/c21-17(9-7-15-5-4-12-24-15)25-11-3-1-2-10-18-16-8-6-14(13-19-16)20(22)23/h4-9,12-13H,1-3,10-11H2,(H,18,19)/b9-7+. The number of pyridine rings is 1. The Labute approximate surface area is 144 Å². The minimum Gasteiger partial charge on any atom is -0.465 e. The fourth-order valence-corrected chi connectivity index (χ4v) is 1.98. The maximum Gasteiger partial charge on any atom is 0.330 e. The molecular formula is C17H19N3O5. The van der Waals surface area contributed by atoms with Gasteiger partial charge in [0.2, 0.25) is 0 Å². The molecule has 0 atom stereocenters. The van der Waals surface area contributed by atoms with E-state index in [9.17, 15) is 14.9 Å². The van der Waals surface area contributed by atoms with Gasteiger partial charge in [-0.3, -0.25) is 10.1 Å². The first kappa shape index (κ1) is 18.2. The highest BCUT2D eigenvalue weighted by Gasteiger charge is 2.04. The lowest BCUT2D eigenvalue weighted by molar-refractivity contribution is -0.385. The van der Waals surface area contributed by atoms with Crippen LogP contribution in [0.15, 0.2) is 47.2 Å².